The van der Waals surface area contributed by atoms with E-state index in [1.54, 1.807) is 7.11 Å². The van der Waals surface area contributed by atoms with Gasteiger partial charge in [-0.1, -0.05) is 55.8 Å². The Labute approximate surface area is 227 Å². The maximum atomic E-state index is 12.6. The third kappa shape index (κ3) is 7.53. The second-order valence-corrected chi connectivity index (χ2v) is 10.5. The minimum atomic E-state index is 0.117. The molecule has 0 spiro atoms. The molecule has 1 amide bonds. The Hall–Kier alpha value is -3.47. The molecule has 0 aliphatic carbocycles. The second-order valence-electron chi connectivity index (χ2n) is 10.5. The minimum Gasteiger partial charge on any atom is -0.493 e. The van der Waals surface area contributed by atoms with Crippen molar-refractivity contribution in [2.45, 2.75) is 71.5 Å². The third-order valence-corrected chi connectivity index (χ3v) is 7.40. The van der Waals surface area contributed by atoms with Crippen molar-refractivity contribution in [1.82, 2.24) is 5.32 Å². The van der Waals surface area contributed by atoms with Crippen LogP contribution in [0.2, 0.25) is 0 Å². The second kappa shape index (κ2) is 13.4. The van der Waals surface area contributed by atoms with Crippen LogP contribution in [0.15, 0.2) is 66.7 Å². The number of methoxy groups -OCH3 is 1. The highest BCUT2D eigenvalue weighted by molar-refractivity contribution is 5.76. The Morgan fingerprint density at radius 1 is 1.03 bits per heavy atom. The monoisotopic (exact) mass is 515 g/mol. The highest BCUT2D eigenvalue weighted by Gasteiger charge is 2.26. The molecule has 4 rings (SSSR count). The van der Waals surface area contributed by atoms with Gasteiger partial charge in [-0.15, -0.1) is 0 Å². The van der Waals surface area contributed by atoms with Crippen LogP contribution in [0.4, 0.5) is 0 Å². The van der Waals surface area contributed by atoms with Gasteiger partial charge >= 0.3 is 0 Å². The number of rotatable bonds is 11. The standard InChI is InChI=1S/C33H41NO4/c1-5-9-24(3)38-32-20-27(14-15-31(32)36-4)29-17-26(19-33(35)34-21-29)16-25-11-8-13-30(18-25)37-22-28-12-7-6-10-23(28)2/h6-8,10-15,18,20,24,26,29H,5,9,16-17,19,21-22H2,1-4H3,(H,34,35)/t24?,26-,29-/m1/s1. The summed E-state index contributed by atoms with van der Waals surface area (Å²) in [5.74, 6) is 2.94. The SMILES string of the molecule is CCCC(C)Oc1cc([C@H]2CNC(=O)C[C@H](Cc3cccc(OCc4ccccc4C)c3)C2)ccc1OC. The van der Waals surface area contributed by atoms with Crippen molar-refractivity contribution in [2.75, 3.05) is 13.7 Å². The number of ether oxygens (including phenoxy) is 3. The number of nitrogens with one attached hydrogen (secondary N) is 1. The first-order valence-electron chi connectivity index (χ1n) is 13.8. The lowest BCUT2D eigenvalue weighted by atomic mass is 9.85. The Bertz CT molecular complexity index is 1210. The Kier molecular flexibility index (Phi) is 9.69. The lowest BCUT2D eigenvalue weighted by Gasteiger charge is -2.22. The van der Waals surface area contributed by atoms with E-state index in [0.717, 1.165) is 42.9 Å². The molecule has 0 aromatic heterocycles. The number of amides is 1. The Morgan fingerprint density at radius 3 is 2.66 bits per heavy atom. The van der Waals surface area contributed by atoms with E-state index >= 15 is 0 Å². The van der Waals surface area contributed by atoms with Crippen LogP contribution in [0.3, 0.4) is 0 Å². The van der Waals surface area contributed by atoms with Gasteiger partial charge in [0.1, 0.15) is 12.4 Å². The number of hydrogen-bond donors (Lipinski definition) is 1. The highest BCUT2D eigenvalue weighted by Crippen LogP contribution is 2.36. The lowest BCUT2D eigenvalue weighted by Crippen LogP contribution is -2.25. The van der Waals surface area contributed by atoms with Gasteiger partial charge < -0.3 is 19.5 Å². The molecule has 1 aliphatic heterocycles. The smallest absolute Gasteiger partial charge is 0.220 e. The summed E-state index contributed by atoms with van der Waals surface area (Å²) in [5, 5.41) is 3.14. The molecule has 0 radical (unpaired) electrons. The van der Waals surface area contributed by atoms with Crippen LogP contribution in [0, 0.1) is 12.8 Å². The van der Waals surface area contributed by atoms with E-state index in [9.17, 15) is 4.79 Å². The van der Waals surface area contributed by atoms with Gasteiger partial charge in [0.05, 0.1) is 13.2 Å². The third-order valence-electron chi connectivity index (χ3n) is 7.40. The number of carbonyl (C=O) groups is 1. The normalized spacial score (nSPS) is 18.3. The fourth-order valence-electron chi connectivity index (χ4n) is 5.30. The van der Waals surface area contributed by atoms with E-state index < -0.39 is 0 Å². The van der Waals surface area contributed by atoms with Gasteiger partial charge in [-0.05, 0) is 85.5 Å². The zero-order chi connectivity index (χ0) is 26.9. The molecule has 0 bridgehead atoms. The fraction of sp³-hybridized carbons (Fsp3) is 0.424. The number of aryl methyl sites for hydroxylation is 1. The van der Waals surface area contributed by atoms with Crippen molar-refractivity contribution in [3.05, 3.63) is 89.0 Å². The zero-order valence-electron chi connectivity index (χ0n) is 23.2. The molecular weight excluding hydrogens is 474 g/mol. The predicted molar refractivity (Wildman–Crippen MR) is 152 cm³/mol. The summed E-state index contributed by atoms with van der Waals surface area (Å²) in [4.78, 5) is 12.6. The van der Waals surface area contributed by atoms with Gasteiger partial charge in [0.15, 0.2) is 11.5 Å². The Balaban J connectivity index is 1.46. The maximum absolute atomic E-state index is 12.6. The first-order chi connectivity index (χ1) is 18.4. The van der Waals surface area contributed by atoms with Gasteiger partial charge in [-0.2, -0.15) is 0 Å². The summed E-state index contributed by atoms with van der Waals surface area (Å²) in [7, 11) is 1.67. The summed E-state index contributed by atoms with van der Waals surface area (Å²) >= 11 is 0. The van der Waals surface area contributed by atoms with E-state index in [4.69, 9.17) is 14.2 Å². The highest BCUT2D eigenvalue weighted by atomic mass is 16.5. The molecule has 1 saturated heterocycles. The molecule has 1 aliphatic rings. The van der Waals surface area contributed by atoms with Gasteiger partial charge in [0.25, 0.3) is 0 Å². The molecule has 38 heavy (non-hydrogen) atoms. The minimum absolute atomic E-state index is 0.117. The molecule has 3 atom stereocenters. The largest absolute Gasteiger partial charge is 0.493 e. The van der Waals surface area contributed by atoms with Crippen LogP contribution in [0.1, 0.15) is 67.7 Å². The molecule has 1 heterocycles. The zero-order valence-corrected chi connectivity index (χ0v) is 23.2. The van der Waals surface area contributed by atoms with Gasteiger partial charge in [-0.25, -0.2) is 0 Å². The van der Waals surface area contributed by atoms with Crippen LogP contribution in [0.5, 0.6) is 17.2 Å². The summed E-state index contributed by atoms with van der Waals surface area (Å²) in [6.07, 6.45) is 4.45. The van der Waals surface area contributed by atoms with E-state index in [-0.39, 0.29) is 23.8 Å². The fourth-order valence-corrected chi connectivity index (χ4v) is 5.30. The predicted octanol–water partition coefficient (Wildman–Crippen LogP) is 7.00. The molecular formula is C33H41NO4. The molecule has 1 fully saturated rings. The average molecular weight is 516 g/mol. The number of hydrogen-bond acceptors (Lipinski definition) is 4. The first kappa shape index (κ1) is 27.6. The summed E-state index contributed by atoms with van der Waals surface area (Å²) in [5.41, 5.74) is 4.78. The summed E-state index contributed by atoms with van der Waals surface area (Å²) < 4.78 is 17.9. The van der Waals surface area contributed by atoms with E-state index in [1.165, 1.54) is 22.3 Å². The summed E-state index contributed by atoms with van der Waals surface area (Å²) in [6.45, 7) is 7.53. The molecule has 5 nitrogen and oxygen atoms in total. The first-order valence-corrected chi connectivity index (χ1v) is 13.8. The Morgan fingerprint density at radius 2 is 1.87 bits per heavy atom. The molecule has 5 heteroatoms. The van der Waals surface area contributed by atoms with Crippen LogP contribution in [0.25, 0.3) is 0 Å². The van der Waals surface area contributed by atoms with Crippen molar-refractivity contribution >= 4 is 5.91 Å². The number of carbonyl (C=O) groups excluding carboxylic acids is 1. The van der Waals surface area contributed by atoms with Crippen molar-refractivity contribution in [1.29, 1.82) is 0 Å². The van der Waals surface area contributed by atoms with Crippen molar-refractivity contribution < 1.29 is 19.0 Å². The maximum Gasteiger partial charge on any atom is 0.220 e. The average Bonchev–Trinajstić information content (AvgIpc) is 3.09. The molecule has 1 unspecified atom stereocenters. The molecule has 202 valence electrons. The van der Waals surface area contributed by atoms with Crippen LogP contribution >= 0.6 is 0 Å². The van der Waals surface area contributed by atoms with Crippen LogP contribution in [-0.2, 0) is 17.8 Å². The molecule has 3 aromatic rings. The van der Waals surface area contributed by atoms with Crippen molar-refractivity contribution in [3.8, 4) is 17.2 Å². The molecule has 0 saturated carbocycles. The lowest BCUT2D eigenvalue weighted by molar-refractivity contribution is -0.121. The van der Waals surface area contributed by atoms with Gasteiger partial charge in [0, 0.05) is 18.9 Å². The van der Waals surface area contributed by atoms with Gasteiger partial charge in [0.2, 0.25) is 5.91 Å². The summed E-state index contributed by atoms with van der Waals surface area (Å²) in [6, 6.07) is 22.8. The topological polar surface area (TPSA) is 56.8 Å². The molecule has 1 N–H and O–H groups in total. The van der Waals surface area contributed by atoms with Gasteiger partial charge in [-0.3, -0.25) is 4.79 Å². The van der Waals surface area contributed by atoms with Crippen LogP contribution in [-0.4, -0.2) is 25.7 Å². The molecule has 3 aromatic carbocycles. The van der Waals surface area contributed by atoms with E-state index in [2.05, 4.69) is 62.5 Å². The van der Waals surface area contributed by atoms with E-state index in [0.29, 0.717) is 19.6 Å². The van der Waals surface area contributed by atoms with Crippen molar-refractivity contribution in [2.24, 2.45) is 5.92 Å². The quantitative estimate of drug-likeness (QED) is 0.299. The van der Waals surface area contributed by atoms with E-state index in [1.807, 2.05) is 30.3 Å². The van der Waals surface area contributed by atoms with Crippen molar-refractivity contribution in [3.63, 3.8) is 0 Å². The van der Waals surface area contributed by atoms with Crippen LogP contribution < -0.4 is 19.5 Å². The number of benzene rings is 3.